The van der Waals surface area contributed by atoms with E-state index in [4.69, 9.17) is 15.9 Å². The average Bonchev–Trinajstić information content (AvgIpc) is 3.04. The van der Waals surface area contributed by atoms with Crippen LogP contribution >= 0.6 is 0 Å². The van der Waals surface area contributed by atoms with Crippen molar-refractivity contribution in [2.75, 3.05) is 6.61 Å². The zero-order valence-electron chi connectivity index (χ0n) is 9.70. The monoisotopic (exact) mass is 237 g/mol. The Labute approximate surface area is 101 Å². The highest BCUT2D eigenvalue weighted by Gasteiger charge is 2.06. The van der Waals surface area contributed by atoms with Gasteiger partial charge in [-0.2, -0.15) is 0 Å². The molecule has 17 heavy (non-hydrogen) atoms. The normalized spacial score (nSPS) is 15.9. The molecule has 4 heteroatoms. The van der Waals surface area contributed by atoms with Gasteiger partial charge in [-0.1, -0.05) is 48.6 Å². The molecular weight excluding hydrogens is 218 g/mol. The second-order valence-electron chi connectivity index (χ2n) is 3.31. The first-order valence-electron chi connectivity index (χ1n) is 5.41. The molecule has 0 saturated carbocycles. The van der Waals surface area contributed by atoms with Crippen molar-refractivity contribution in [1.29, 1.82) is 0 Å². The van der Waals surface area contributed by atoms with Crippen LogP contribution < -0.4 is 5.73 Å². The molecule has 0 radical (unpaired) electrons. The number of carboxylic acids is 1. The second-order valence-corrected chi connectivity index (χ2v) is 3.31. The van der Waals surface area contributed by atoms with Crippen LogP contribution in [0.1, 0.15) is 12.8 Å². The molecule has 0 saturated heterocycles. The number of hydrogen-bond donors (Lipinski definition) is 3. The van der Waals surface area contributed by atoms with Crippen LogP contribution in [0.2, 0.25) is 0 Å². The van der Waals surface area contributed by atoms with Gasteiger partial charge in [-0.25, -0.2) is 0 Å². The van der Waals surface area contributed by atoms with Crippen LogP contribution in [-0.2, 0) is 4.79 Å². The summed E-state index contributed by atoms with van der Waals surface area (Å²) in [5.74, 6) is -1.18. The number of carboxylic acid groups (broad SMARTS) is 1. The fraction of sp³-hybridized carbons (Fsp3) is 0.308. The quantitative estimate of drug-likeness (QED) is 0.677. The number of aliphatic hydroxyl groups excluding tert-OH is 1. The minimum atomic E-state index is -1.18. The molecule has 0 aromatic rings. The predicted molar refractivity (Wildman–Crippen MR) is 68.5 cm³/mol. The van der Waals surface area contributed by atoms with Gasteiger partial charge in [0.2, 0.25) is 0 Å². The molecule has 2 rings (SSSR count). The molecule has 0 unspecified atom stereocenters. The van der Waals surface area contributed by atoms with E-state index in [0.717, 1.165) is 12.8 Å². The fourth-order valence-corrected chi connectivity index (χ4v) is 0.864. The summed E-state index contributed by atoms with van der Waals surface area (Å²) >= 11 is 0. The van der Waals surface area contributed by atoms with Crippen LogP contribution in [0, 0.1) is 0 Å². The Hall–Kier alpha value is -1.65. The highest BCUT2D eigenvalue weighted by atomic mass is 16.4. The van der Waals surface area contributed by atoms with Gasteiger partial charge in [0.25, 0.3) is 0 Å². The van der Waals surface area contributed by atoms with Gasteiger partial charge in [0.15, 0.2) is 0 Å². The smallest absolute Gasteiger partial charge is 0.322 e. The van der Waals surface area contributed by atoms with Gasteiger partial charge < -0.3 is 15.9 Å². The minimum absolute atomic E-state index is 0.505. The minimum Gasteiger partial charge on any atom is -0.480 e. The van der Waals surface area contributed by atoms with Gasteiger partial charge in [-0.05, 0) is 12.8 Å². The Balaban J connectivity index is 0.000000229. The molecule has 0 amide bonds. The predicted octanol–water partition coefficient (Wildman–Crippen LogP) is 1.40. The van der Waals surface area contributed by atoms with Crippen LogP contribution in [0.25, 0.3) is 0 Å². The second kappa shape index (κ2) is 10.9. The molecule has 0 aromatic heterocycles. The van der Waals surface area contributed by atoms with Gasteiger partial charge >= 0.3 is 5.97 Å². The Morgan fingerprint density at radius 2 is 1.41 bits per heavy atom. The van der Waals surface area contributed by atoms with Gasteiger partial charge in [-0.3, -0.25) is 4.79 Å². The number of aliphatic carboxylic acids is 1. The van der Waals surface area contributed by atoms with Gasteiger partial charge in [0.1, 0.15) is 6.04 Å². The van der Waals surface area contributed by atoms with Crippen molar-refractivity contribution in [3.63, 3.8) is 0 Å². The number of aliphatic hydroxyl groups is 1. The molecule has 0 aromatic carbocycles. The van der Waals surface area contributed by atoms with E-state index >= 15 is 0 Å². The molecule has 0 bridgehead atoms. The first-order chi connectivity index (χ1) is 8.18. The van der Waals surface area contributed by atoms with Crippen LogP contribution in [0.5, 0.6) is 0 Å². The van der Waals surface area contributed by atoms with E-state index in [-0.39, 0.29) is 0 Å². The Kier molecular flexibility index (Phi) is 9.80. The topological polar surface area (TPSA) is 83.5 Å². The van der Waals surface area contributed by atoms with Gasteiger partial charge in [0, 0.05) is 0 Å². The van der Waals surface area contributed by atoms with Crippen molar-refractivity contribution in [2.24, 2.45) is 5.73 Å². The maximum absolute atomic E-state index is 9.65. The third-order valence-electron chi connectivity index (χ3n) is 1.82. The van der Waals surface area contributed by atoms with Crippen molar-refractivity contribution >= 4 is 5.97 Å². The number of rotatable bonds is 2. The van der Waals surface area contributed by atoms with E-state index in [1.54, 1.807) is 0 Å². The Bertz CT molecular complexity index is 275. The zero-order chi connectivity index (χ0) is 12.9. The molecule has 0 spiro atoms. The van der Waals surface area contributed by atoms with Crippen LogP contribution in [-0.4, -0.2) is 28.8 Å². The summed E-state index contributed by atoms with van der Waals surface area (Å²) in [6.45, 7) is -0.505. The van der Waals surface area contributed by atoms with E-state index in [1.165, 1.54) is 0 Å². The van der Waals surface area contributed by atoms with Gasteiger partial charge in [-0.15, -0.1) is 0 Å². The lowest BCUT2D eigenvalue weighted by molar-refractivity contribution is -0.139. The van der Waals surface area contributed by atoms with Crippen molar-refractivity contribution < 1.29 is 15.0 Å². The number of nitrogens with two attached hydrogens (primary N) is 1. The highest BCUT2D eigenvalue weighted by molar-refractivity contribution is 5.73. The molecule has 4 N–H and O–H groups in total. The number of hydrogen-bond acceptors (Lipinski definition) is 3. The molecule has 4 nitrogen and oxygen atoms in total. The molecule has 94 valence electrons. The third-order valence-corrected chi connectivity index (χ3v) is 1.82. The third kappa shape index (κ3) is 10.6. The molecule has 0 aliphatic heterocycles. The largest absolute Gasteiger partial charge is 0.480 e. The summed E-state index contributed by atoms with van der Waals surface area (Å²) in [6.07, 6.45) is 19.0. The van der Waals surface area contributed by atoms with E-state index in [0.29, 0.717) is 0 Å². The van der Waals surface area contributed by atoms with Crippen molar-refractivity contribution in [3.05, 3.63) is 48.6 Å². The van der Waals surface area contributed by atoms with Crippen molar-refractivity contribution in [1.82, 2.24) is 0 Å². The number of allylic oxidation sites excluding steroid dienone is 8. The maximum atomic E-state index is 9.65. The lowest BCUT2D eigenvalue weighted by Gasteiger charge is -1.96. The summed E-state index contributed by atoms with van der Waals surface area (Å²) in [7, 11) is 0. The summed E-state index contributed by atoms with van der Waals surface area (Å²) in [4.78, 5) is 9.65. The van der Waals surface area contributed by atoms with Crippen LogP contribution in [0.15, 0.2) is 48.6 Å². The van der Waals surface area contributed by atoms with Crippen LogP contribution in [0.3, 0.4) is 0 Å². The molecular formula is C13H19NO3. The fourth-order valence-electron chi connectivity index (χ4n) is 0.864. The number of carbonyl (C=O) groups is 1. The molecule has 0 heterocycles. The maximum Gasteiger partial charge on any atom is 0.322 e. The van der Waals surface area contributed by atoms with E-state index in [9.17, 15) is 4.79 Å². The Morgan fingerprint density at radius 3 is 1.47 bits per heavy atom. The first-order valence-corrected chi connectivity index (χ1v) is 5.41. The lowest BCUT2D eigenvalue weighted by atomic mass is 10.3. The molecule has 0 fully saturated rings. The summed E-state index contributed by atoms with van der Waals surface area (Å²) in [5, 5.41) is 15.9. The highest BCUT2D eigenvalue weighted by Crippen LogP contribution is 1.93. The standard InChI is InChI=1S/2C5H6.C3H7NO3/c2*1-2-4-5-3-1;4-2(1-5)3(6)7/h2*1-4H,5H2;2,5H,1,4H2,(H,6,7)/t;;2-/m..0/s1. The summed E-state index contributed by atoms with van der Waals surface area (Å²) in [5.41, 5.74) is 4.77. The van der Waals surface area contributed by atoms with E-state index in [2.05, 4.69) is 48.6 Å². The zero-order valence-corrected chi connectivity index (χ0v) is 9.70. The van der Waals surface area contributed by atoms with E-state index in [1.807, 2.05) is 0 Å². The Morgan fingerprint density at radius 1 is 1.06 bits per heavy atom. The van der Waals surface area contributed by atoms with Crippen molar-refractivity contribution in [2.45, 2.75) is 18.9 Å². The molecule has 2 aliphatic rings. The van der Waals surface area contributed by atoms with E-state index < -0.39 is 18.6 Å². The first kappa shape index (κ1) is 15.3. The van der Waals surface area contributed by atoms with Crippen molar-refractivity contribution in [3.8, 4) is 0 Å². The lowest BCUT2D eigenvalue weighted by Crippen LogP contribution is -2.33. The average molecular weight is 237 g/mol. The van der Waals surface area contributed by atoms with Gasteiger partial charge in [0.05, 0.1) is 6.61 Å². The molecule has 2 aliphatic carbocycles. The van der Waals surface area contributed by atoms with Crippen LogP contribution in [0.4, 0.5) is 0 Å². The summed E-state index contributed by atoms with van der Waals surface area (Å²) in [6, 6.07) is -1.13. The SMILES string of the molecule is C1=CCC=C1.C1=CCC=C1.N[C@@H](CO)C(=O)O. The molecule has 1 atom stereocenters. The summed E-state index contributed by atoms with van der Waals surface area (Å²) < 4.78 is 0.